The minimum atomic E-state index is -2.70. The molecule has 1 heterocycles. The molecule has 0 spiro atoms. The summed E-state index contributed by atoms with van der Waals surface area (Å²) in [6.07, 6.45) is 2.54. The van der Waals surface area contributed by atoms with Crippen LogP contribution >= 0.6 is 0 Å². The molecule has 0 saturated heterocycles. The molecule has 1 aromatic heterocycles. The molecule has 1 aromatic carbocycles. The Bertz CT molecular complexity index is 771. The van der Waals surface area contributed by atoms with Gasteiger partial charge in [0.2, 0.25) is 5.91 Å². The van der Waals surface area contributed by atoms with E-state index in [2.05, 4.69) is 4.98 Å². The van der Waals surface area contributed by atoms with E-state index in [1.165, 1.54) is 24.3 Å². The first kappa shape index (κ1) is 18.8. The van der Waals surface area contributed by atoms with Crippen molar-refractivity contribution in [2.24, 2.45) is 0 Å². The molecule has 2 rings (SSSR count). The molecular weight excluding hydrogens is 328 g/mol. The van der Waals surface area contributed by atoms with Gasteiger partial charge in [-0.05, 0) is 25.5 Å². The zero-order chi connectivity index (χ0) is 18.6. The van der Waals surface area contributed by atoms with Gasteiger partial charge in [-0.25, -0.2) is 4.98 Å². The molecule has 1 amide bonds. The number of ketones is 1. The number of carbonyl (C=O) groups is 2. The van der Waals surface area contributed by atoms with Crippen molar-refractivity contribution in [1.82, 2.24) is 14.5 Å². The van der Waals surface area contributed by atoms with Crippen LogP contribution in [0.4, 0.5) is 8.78 Å². The van der Waals surface area contributed by atoms with Gasteiger partial charge < -0.3 is 4.90 Å². The first-order chi connectivity index (χ1) is 11.8. The number of amides is 1. The van der Waals surface area contributed by atoms with Crippen molar-refractivity contribution in [2.45, 2.75) is 39.8 Å². The molecule has 0 saturated carbocycles. The Hall–Kier alpha value is -2.57. The minimum absolute atomic E-state index is 0.0259. The van der Waals surface area contributed by atoms with Crippen LogP contribution < -0.4 is 0 Å². The van der Waals surface area contributed by atoms with E-state index in [1.54, 1.807) is 0 Å². The summed E-state index contributed by atoms with van der Waals surface area (Å²) < 4.78 is 26.3. The number of nitrogens with zero attached hydrogens (tertiary/aromatic N) is 3. The van der Waals surface area contributed by atoms with Crippen LogP contribution in [0.2, 0.25) is 0 Å². The van der Waals surface area contributed by atoms with Gasteiger partial charge in [0.15, 0.2) is 5.78 Å². The highest BCUT2D eigenvalue weighted by Crippen LogP contribution is 2.16. The van der Waals surface area contributed by atoms with Crippen molar-refractivity contribution < 1.29 is 18.4 Å². The first-order valence-electron chi connectivity index (χ1n) is 7.94. The lowest BCUT2D eigenvalue weighted by atomic mass is 9.99. The molecule has 5 nitrogen and oxygen atoms in total. The van der Waals surface area contributed by atoms with E-state index in [4.69, 9.17) is 0 Å². The third kappa shape index (κ3) is 4.71. The number of aryl methyl sites for hydroxylation is 2. The van der Waals surface area contributed by atoms with Crippen molar-refractivity contribution in [3.8, 4) is 0 Å². The number of hydrogen-bond acceptors (Lipinski definition) is 3. The lowest BCUT2D eigenvalue weighted by Crippen LogP contribution is -2.28. The SMILES string of the molecule is Cc1ccc(C)c(C(=O)CCC(=O)N(C)Cc2nccn2C(F)F)c1. The molecule has 25 heavy (non-hydrogen) atoms. The summed E-state index contributed by atoms with van der Waals surface area (Å²) >= 11 is 0. The molecule has 0 aliphatic carbocycles. The Labute approximate surface area is 145 Å². The largest absolute Gasteiger partial charge is 0.338 e. The van der Waals surface area contributed by atoms with Crippen LogP contribution in [-0.4, -0.2) is 33.2 Å². The van der Waals surface area contributed by atoms with E-state index < -0.39 is 6.55 Å². The van der Waals surface area contributed by atoms with E-state index in [-0.39, 0.29) is 36.9 Å². The van der Waals surface area contributed by atoms with Crippen LogP contribution in [0.5, 0.6) is 0 Å². The van der Waals surface area contributed by atoms with Gasteiger partial charge in [-0.3, -0.25) is 14.2 Å². The second-order valence-corrected chi connectivity index (χ2v) is 6.02. The summed E-state index contributed by atoms with van der Waals surface area (Å²) in [5.74, 6) is -0.286. The van der Waals surface area contributed by atoms with Crippen LogP contribution in [0.15, 0.2) is 30.6 Å². The predicted octanol–water partition coefficient (Wildman–Crippen LogP) is 3.52. The van der Waals surface area contributed by atoms with Crippen molar-refractivity contribution in [1.29, 1.82) is 0 Å². The zero-order valence-electron chi connectivity index (χ0n) is 14.5. The summed E-state index contributed by atoms with van der Waals surface area (Å²) in [6, 6.07) is 5.61. The van der Waals surface area contributed by atoms with Crippen LogP contribution in [-0.2, 0) is 11.3 Å². The van der Waals surface area contributed by atoms with Gasteiger partial charge in [0.1, 0.15) is 5.82 Å². The van der Waals surface area contributed by atoms with Crippen LogP contribution in [0.1, 0.15) is 46.7 Å². The Morgan fingerprint density at radius 3 is 2.64 bits per heavy atom. The molecule has 0 atom stereocenters. The van der Waals surface area contributed by atoms with Gasteiger partial charge >= 0.3 is 6.55 Å². The fraction of sp³-hybridized carbons (Fsp3) is 0.389. The average molecular weight is 349 g/mol. The number of hydrogen-bond donors (Lipinski definition) is 0. The molecule has 0 bridgehead atoms. The molecule has 0 N–H and O–H groups in total. The molecule has 0 fully saturated rings. The maximum absolute atomic E-state index is 12.8. The second-order valence-electron chi connectivity index (χ2n) is 6.02. The number of carbonyl (C=O) groups excluding carboxylic acids is 2. The molecule has 0 aliphatic heterocycles. The van der Waals surface area contributed by atoms with Crippen molar-refractivity contribution in [3.05, 3.63) is 53.1 Å². The average Bonchev–Trinajstić information content (AvgIpc) is 3.02. The number of imidazole rings is 1. The van der Waals surface area contributed by atoms with Gasteiger partial charge in [0, 0.05) is 37.8 Å². The fourth-order valence-corrected chi connectivity index (χ4v) is 2.53. The maximum Gasteiger partial charge on any atom is 0.319 e. The summed E-state index contributed by atoms with van der Waals surface area (Å²) in [7, 11) is 1.51. The van der Waals surface area contributed by atoms with Gasteiger partial charge in [0.05, 0.1) is 6.54 Å². The lowest BCUT2D eigenvalue weighted by molar-refractivity contribution is -0.130. The van der Waals surface area contributed by atoms with Gasteiger partial charge in [0.25, 0.3) is 0 Å². The maximum atomic E-state index is 12.8. The molecule has 0 radical (unpaired) electrons. The summed E-state index contributed by atoms with van der Waals surface area (Å²) in [6.45, 7) is 1.02. The van der Waals surface area contributed by atoms with Gasteiger partial charge in [-0.2, -0.15) is 8.78 Å². The highest BCUT2D eigenvalue weighted by atomic mass is 19.3. The van der Waals surface area contributed by atoms with Crippen molar-refractivity contribution in [3.63, 3.8) is 0 Å². The van der Waals surface area contributed by atoms with Crippen LogP contribution in [0.25, 0.3) is 0 Å². The van der Waals surface area contributed by atoms with Crippen molar-refractivity contribution in [2.75, 3.05) is 7.05 Å². The van der Waals surface area contributed by atoms with E-state index in [0.717, 1.165) is 11.1 Å². The number of benzene rings is 1. The van der Waals surface area contributed by atoms with Gasteiger partial charge in [-0.15, -0.1) is 0 Å². The molecular formula is C18H21F2N3O2. The normalized spacial score (nSPS) is 11.0. The molecule has 0 unspecified atom stereocenters. The monoisotopic (exact) mass is 349 g/mol. The second kappa shape index (κ2) is 8.00. The number of aromatic nitrogens is 2. The van der Waals surface area contributed by atoms with E-state index in [0.29, 0.717) is 10.1 Å². The molecule has 134 valence electrons. The molecule has 2 aromatic rings. The molecule has 0 aliphatic rings. The minimum Gasteiger partial charge on any atom is -0.338 e. The standard InChI is InChI=1S/C18H21F2N3O2/c1-12-4-5-13(2)14(10-12)15(24)6-7-17(25)22(3)11-16-21-8-9-23(16)18(19)20/h4-5,8-10,18H,6-7,11H2,1-3H3. The highest BCUT2D eigenvalue weighted by Gasteiger charge is 2.18. The topological polar surface area (TPSA) is 55.2 Å². The van der Waals surface area contributed by atoms with Crippen LogP contribution in [0.3, 0.4) is 0 Å². The molecule has 7 heteroatoms. The Balaban J connectivity index is 1.94. The number of halogens is 2. The summed E-state index contributed by atoms with van der Waals surface area (Å²) in [5, 5.41) is 0. The van der Waals surface area contributed by atoms with Gasteiger partial charge in [-0.1, -0.05) is 17.7 Å². The Morgan fingerprint density at radius 1 is 1.24 bits per heavy atom. The number of alkyl halides is 2. The zero-order valence-corrected chi connectivity index (χ0v) is 14.5. The van der Waals surface area contributed by atoms with E-state index in [9.17, 15) is 18.4 Å². The lowest BCUT2D eigenvalue weighted by Gasteiger charge is -2.17. The van der Waals surface area contributed by atoms with Crippen LogP contribution in [0, 0.1) is 13.8 Å². The highest BCUT2D eigenvalue weighted by molar-refractivity contribution is 5.99. The number of rotatable bonds is 7. The predicted molar refractivity (Wildman–Crippen MR) is 89.4 cm³/mol. The Kier molecular flexibility index (Phi) is 6.01. The fourth-order valence-electron chi connectivity index (χ4n) is 2.53. The number of Topliss-reactive ketones (excluding diaryl/α,β-unsaturated/α-hetero) is 1. The summed E-state index contributed by atoms with van der Waals surface area (Å²) in [5.41, 5.74) is 2.47. The summed E-state index contributed by atoms with van der Waals surface area (Å²) in [4.78, 5) is 29.7. The Morgan fingerprint density at radius 2 is 1.96 bits per heavy atom. The smallest absolute Gasteiger partial charge is 0.319 e. The van der Waals surface area contributed by atoms with E-state index in [1.807, 2.05) is 32.0 Å². The third-order valence-corrected chi connectivity index (χ3v) is 4.02. The third-order valence-electron chi connectivity index (χ3n) is 4.02. The first-order valence-corrected chi connectivity index (χ1v) is 7.94. The quantitative estimate of drug-likeness (QED) is 0.719. The van der Waals surface area contributed by atoms with E-state index >= 15 is 0 Å². The van der Waals surface area contributed by atoms with Crippen molar-refractivity contribution >= 4 is 11.7 Å².